The van der Waals surface area contributed by atoms with Gasteiger partial charge in [0.25, 0.3) is 0 Å². The number of rotatable bonds is 4. The Balaban J connectivity index is 2.13. The fourth-order valence-electron chi connectivity index (χ4n) is 2.15. The van der Waals surface area contributed by atoms with E-state index < -0.39 is 0 Å². The lowest BCUT2D eigenvalue weighted by Crippen LogP contribution is -2.43. The molecule has 1 unspecified atom stereocenters. The maximum atomic E-state index is 5.88. The van der Waals surface area contributed by atoms with Crippen molar-refractivity contribution in [3.8, 4) is 0 Å². The molecule has 2 rings (SSSR count). The molecule has 1 saturated carbocycles. The molecule has 1 aromatic heterocycles. The highest BCUT2D eigenvalue weighted by molar-refractivity contribution is 5.05. The molecule has 1 atom stereocenters. The smallest absolute Gasteiger partial charge is 0.0949 e. The van der Waals surface area contributed by atoms with E-state index in [1.165, 1.54) is 6.42 Å². The summed E-state index contributed by atoms with van der Waals surface area (Å²) in [5, 5.41) is 0. The van der Waals surface area contributed by atoms with Crippen molar-refractivity contribution in [2.75, 3.05) is 7.11 Å². The lowest BCUT2D eigenvalue weighted by molar-refractivity contribution is -0.0840. The number of hydrogen-bond acceptors (Lipinski definition) is 3. The third kappa shape index (κ3) is 1.92. The van der Waals surface area contributed by atoms with Crippen LogP contribution in [0.4, 0.5) is 0 Å². The molecular weight excluding hydrogens is 190 g/mol. The fourth-order valence-corrected chi connectivity index (χ4v) is 2.15. The van der Waals surface area contributed by atoms with E-state index >= 15 is 0 Å². The molecule has 0 saturated heterocycles. The number of methoxy groups -OCH3 is 1. The van der Waals surface area contributed by atoms with Gasteiger partial charge in [-0.1, -0.05) is 0 Å². The van der Waals surface area contributed by atoms with E-state index in [1.807, 2.05) is 19.4 Å². The summed E-state index contributed by atoms with van der Waals surface area (Å²) in [6.07, 6.45) is 7.22. The standard InChI is InChI=1S/C11H19N3O/c1-9(12)10-6-13-8-14(10)7-11(15-2)4-3-5-11/h6,8-9H,3-5,7,12H2,1-2H3. The van der Waals surface area contributed by atoms with Crippen molar-refractivity contribution in [3.05, 3.63) is 18.2 Å². The van der Waals surface area contributed by atoms with Crippen molar-refractivity contribution in [2.45, 2.75) is 44.4 Å². The highest BCUT2D eigenvalue weighted by Gasteiger charge is 2.37. The topological polar surface area (TPSA) is 53.1 Å². The van der Waals surface area contributed by atoms with Crippen LogP contribution in [0.5, 0.6) is 0 Å². The van der Waals surface area contributed by atoms with Crippen molar-refractivity contribution in [1.29, 1.82) is 0 Å². The molecule has 0 amide bonds. The fraction of sp³-hybridized carbons (Fsp3) is 0.727. The van der Waals surface area contributed by atoms with Crippen LogP contribution in [-0.2, 0) is 11.3 Å². The van der Waals surface area contributed by atoms with Crippen LogP contribution in [0.15, 0.2) is 12.5 Å². The summed E-state index contributed by atoms with van der Waals surface area (Å²) in [6.45, 7) is 2.86. The van der Waals surface area contributed by atoms with Crippen molar-refractivity contribution < 1.29 is 4.74 Å². The van der Waals surface area contributed by atoms with Gasteiger partial charge in [0, 0.05) is 19.3 Å². The molecule has 1 aliphatic carbocycles. The highest BCUT2D eigenvalue weighted by Crippen LogP contribution is 2.36. The zero-order chi connectivity index (χ0) is 10.9. The maximum Gasteiger partial charge on any atom is 0.0949 e. The quantitative estimate of drug-likeness (QED) is 0.817. The Hall–Kier alpha value is -0.870. The SMILES string of the molecule is COC1(Cn2cncc2C(C)N)CCC1. The Morgan fingerprint density at radius 3 is 2.87 bits per heavy atom. The first-order valence-electron chi connectivity index (χ1n) is 5.48. The van der Waals surface area contributed by atoms with Crippen LogP contribution < -0.4 is 5.73 Å². The van der Waals surface area contributed by atoms with Crippen molar-refractivity contribution >= 4 is 0 Å². The van der Waals surface area contributed by atoms with E-state index in [-0.39, 0.29) is 11.6 Å². The van der Waals surface area contributed by atoms with Crippen molar-refractivity contribution in [2.24, 2.45) is 5.73 Å². The molecule has 0 aromatic carbocycles. The third-order valence-corrected chi connectivity index (χ3v) is 3.37. The van der Waals surface area contributed by atoms with Crippen LogP contribution in [0.1, 0.15) is 37.9 Å². The number of ether oxygens (including phenoxy) is 1. The molecule has 4 heteroatoms. The number of aromatic nitrogens is 2. The molecule has 4 nitrogen and oxygen atoms in total. The molecule has 84 valence electrons. The normalized spacial score (nSPS) is 21.0. The van der Waals surface area contributed by atoms with Crippen LogP contribution >= 0.6 is 0 Å². The molecule has 15 heavy (non-hydrogen) atoms. The van der Waals surface area contributed by atoms with Crippen LogP contribution in [0.2, 0.25) is 0 Å². The highest BCUT2D eigenvalue weighted by atomic mass is 16.5. The second-order valence-electron chi connectivity index (χ2n) is 4.48. The van der Waals surface area contributed by atoms with Gasteiger partial charge in [-0.15, -0.1) is 0 Å². The van der Waals surface area contributed by atoms with Crippen LogP contribution in [0, 0.1) is 0 Å². The number of nitrogens with two attached hydrogens (primary N) is 1. The second kappa shape index (κ2) is 3.94. The van der Waals surface area contributed by atoms with E-state index in [4.69, 9.17) is 10.5 Å². The van der Waals surface area contributed by atoms with Gasteiger partial charge in [-0.05, 0) is 26.2 Å². The average Bonchev–Trinajstić information content (AvgIpc) is 2.59. The minimum absolute atomic E-state index is 0.0292. The van der Waals surface area contributed by atoms with Gasteiger partial charge in [-0.25, -0.2) is 4.98 Å². The van der Waals surface area contributed by atoms with Gasteiger partial charge in [-0.2, -0.15) is 0 Å². The minimum atomic E-state index is 0.0292. The van der Waals surface area contributed by atoms with Crippen LogP contribution in [0.25, 0.3) is 0 Å². The van der Waals surface area contributed by atoms with E-state index in [0.717, 1.165) is 25.1 Å². The summed E-state index contributed by atoms with van der Waals surface area (Å²) >= 11 is 0. The third-order valence-electron chi connectivity index (χ3n) is 3.37. The molecule has 0 spiro atoms. The van der Waals surface area contributed by atoms with Crippen LogP contribution in [-0.4, -0.2) is 22.3 Å². The minimum Gasteiger partial charge on any atom is -0.376 e. The Bertz CT molecular complexity index is 323. The van der Waals surface area contributed by atoms with Gasteiger partial charge in [0.05, 0.1) is 24.2 Å². The molecule has 1 aromatic rings. The maximum absolute atomic E-state index is 5.88. The summed E-state index contributed by atoms with van der Waals surface area (Å²) in [6, 6.07) is 0.0292. The molecule has 0 radical (unpaired) electrons. The predicted molar refractivity (Wildman–Crippen MR) is 58.4 cm³/mol. The van der Waals surface area contributed by atoms with Gasteiger partial charge in [0.2, 0.25) is 0 Å². The predicted octanol–water partition coefficient (Wildman–Crippen LogP) is 1.47. The van der Waals surface area contributed by atoms with E-state index in [1.54, 1.807) is 7.11 Å². The summed E-state index contributed by atoms with van der Waals surface area (Å²) in [5.41, 5.74) is 6.99. The molecule has 0 bridgehead atoms. The Morgan fingerprint density at radius 2 is 2.40 bits per heavy atom. The van der Waals surface area contributed by atoms with Crippen molar-refractivity contribution in [1.82, 2.24) is 9.55 Å². The second-order valence-corrected chi connectivity index (χ2v) is 4.48. The van der Waals surface area contributed by atoms with Gasteiger partial charge < -0.3 is 15.0 Å². The van der Waals surface area contributed by atoms with E-state index in [2.05, 4.69) is 9.55 Å². The first-order valence-corrected chi connectivity index (χ1v) is 5.48. The Kier molecular flexibility index (Phi) is 2.80. The molecule has 1 fully saturated rings. The zero-order valence-electron chi connectivity index (χ0n) is 9.44. The summed E-state index contributed by atoms with van der Waals surface area (Å²) in [7, 11) is 1.79. The van der Waals surface area contributed by atoms with Crippen molar-refractivity contribution in [3.63, 3.8) is 0 Å². The number of imidazole rings is 1. The van der Waals surface area contributed by atoms with E-state index in [9.17, 15) is 0 Å². The molecule has 2 N–H and O–H groups in total. The lowest BCUT2D eigenvalue weighted by Gasteiger charge is -2.41. The number of nitrogens with zero attached hydrogens (tertiary/aromatic N) is 2. The first kappa shape index (κ1) is 10.6. The summed E-state index contributed by atoms with van der Waals surface area (Å²) in [5.74, 6) is 0. The van der Waals surface area contributed by atoms with Gasteiger partial charge in [0.1, 0.15) is 0 Å². The lowest BCUT2D eigenvalue weighted by atomic mass is 9.80. The van der Waals surface area contributed by atoms with E-state index in [0.29, 0.717) is 0 Å². The molecule has 1 heterocycles. The Labute approximate surface area is 90.4 Å². The summed E-state index contributed by atoms with van der Waals surface area (Å²) < 4.78 is 7.71. The van der Waals surface area contributed by atoms with Gasteiger partial charge in [-0.3, -0.25) is 0 Å². The van der Waals surface area contributed by atoms with Gasteiger partial charge in [0.15, 0.2) is 0 Å². The molecule has 0 aliphatic heterocycles. The average molecular weight is 209 g/mol. The van der Waals surface area contributed by atoms with Crippen LogP contribution in [0.3, 0.4) is 0 Å². The zero-order valence-corrected chi connectivity index (χ0v) is 9.44. The number of hydrogen-bond donors (Lipinski definition) is 1. The monoisotopic (exact) mass is 209 g/mol. The molecular formula is C11H19N3O. The summed E-state index contributed by atoms with van der Waals surface area (Å²) in [4.78, 5) is 4.15. The Morgan fingerprint density at radius 1 is 1.67 bits per heavy atom. The molecule has 1 aliphatic rings. The first-order chi connectivity index (χ1) is 7.17. The van der Waals surface area contributed by atoms with Gasteiger partial charge >= 0.3 is 0 Å². The largest absolute Gasteiger partial charge is 0.376 e.